The number of ether oxygens (including phenoxy) is 1. The predicted molar refractivity (Wildman–Crippen MR) is 85.7 cm³/mol. The second kappa shape index (κ2) is 6.52. The number of pyridine rings is 1. The SMILES string of the molecule is CC(C)(C)Oc1nc(N2CCCCCC2CO)ccc1N. The molecule has 3 N–H and O–H groups in total. The van der Waals surface area contributed by atoms with E-state index >= 15 is 0 Å². The maximum atomic E-state index is 9.63. The van der Waals surface area contributed by atoms with Crippen LogP contribution in [0.3, 0.4) is 0 Å². The van der Waals surface area contributed by atoms with E-state index < -0.39 is 0 Å². The minimum atomic E-state index is -0.338. The van der Waals surface area contributed by atoms with Crippen LogP contribution in [0.15, 0.2) is 12.1 Å². The van der Waals surface area contributed by atoms with Crippen molar-refractivity contribution in [3.8, 4) is 5.88 Å². The second-order valence-corrected chi connectivity index (χ2v) is 6.66. The van der Waals surface area contributed by atoms with E-state index in [1.165, 1.54) is 6.42 Å². The van der Waals surface area contributed by atoms with E-state index in [0.29, 0.717) is 11.6 Å². The van der Waals surface area contributed by atoms with Crippen LogP contribution in [-0.4, -0.2) is 34.9 Å². The maximum Gasteiger partial charge on any atom is 0.239 e. The Morgan fingerprint density at radius 1 is 1.33 bits per heavy atom. The smallest absolute Gasteiger partial charge is 0.239 e. The lowest BCUT2D eigenvalue weighted by atomic mass is 10.1. The van der Waals surface area contributed by atoms with E-state index in [0.717, 1.165) is 31.6 Å². The molecule has 0 saturated carbocycles. The molecule has 1 atom stereocenters. The van der Waals surface area contributed by atoms with Crippen molar-refractivity contribution < 1.29 is 9.84 Å². The summed E-state index contributed by atoms with van der Waals surface area (Å²) in [6.07, 6.45) is 4.48. The standard InChI is InChI=1S/C16H27N3O2/c1-16(2,3)21-15-13(17)8-9-14(18-15)19-10-6-4-5-7-12(19)11-20/h8-9,12,20H,4-7,10-11,17H2,1-3H3. The highest BCUT2D eigenvalue weighted by Gasteiger charge is 2.23. The topological polar surface area (TPSA) is 71.6 Å². The number of aromatic nitrogens is 1. The number of nitrogen functional groups attached to an aromatic ring is 1. The van der Waals surface area contributed by atoms with E-state index in [2.05, 4.69) is 9.88 Å². The molecule has 1 fully saturated rings. The molecule has 21 heavy (non-hydrogen) atoms. The normalized spacial score (nSPS) is 20.2. The molecule has 0 spiro atoms. The fourth-order valence-corrected chi connectivity index (χ4v) is 2.64. The minimum Gasteiger partial charge on any atom is -0.470 e. The van der Waals surface area contributed by atoms with Gasteiger partial charge in [0, 0.05) is 6.54 Å². The van der Waals surface area contributed by atoms with E-state index in [-0.39, 0.29) is 18.2 Å². The van der Waals surface area contributed by atoms with Gasteiger partial charge in [-0.2, -0.15) is 4.98 Å². The van der Waals surface area contributed by atoms with Crippen molar-refractivity contribution in [2.24, 2.45) is 0 Å². The van der Waals surface area contributed by atoms with E-state index in [9.17, 15) is 5.11 Å². The van der Waals surface area contributed by atoms with Crippen LogP contribution in [0, 0.1) is 0 Å². The predicted octanol–water partition coefficient (Wildman–Crippen LogP) is 2.58. The summed E-state index contributed by atoms with van der Waals surface area (Å²) in [6, 6.07) is 3.88. The van der Waals surface area contributed by atoms with Gasteiger partial charge in [0.2, 0.25) is 5.88 Å². The van der Waals surface area contributed by atoms with Gasteiger partial charge in [-0.1, -0.05) is 12.8 Å². The lowest BCUT2D eigenvalue weighted by Crippen LogP contribution is -2.38. The summed E-state index contributed by atoms with van der Waals surface area (Å²) in [5.41, 5.74) is 6.18. The number of aliphatic hydroxyl groups excluding tert-OH is 1. The molecule has 0 aromatic carbocycles. The Bertz CT molecular complexity index is 471. The summed E-state index contributed by atoms with van der Waals surface area (Å²) in [7, 11) is 0. The zero-order chi connectivity index (χ0) is 15.5. The van der Waals surface area contributed by atoms with Gasteiger partial charge in [-0.25, -0.2) is 0 Å². The number of nitrogens with two attached hydrogens (primary N) is 1. The fraction of sp³-hybridized carbons (Fsp3) is 0.688. The molecule has 1 saturated heterocycles. The summed E-state index contributed by atoms with van der Waals surface area (Å²) >= 11 is 0. The maximum absolute atomic E-state index is 9.63. The third-order valence-electron chi connectivity index (χ3n) is 3.66. The molecule has 118 valence electrons. The van der Waals surface area contributed by atoms with E-state index in [4.69, 9.17) is 10.5 Å². The Hall–Kier alpha value is -1.49. The molecule has 1 aliphatic heterocycles. The van der Waals surface area contributed by atoms with Crippen molar-refractivity contribution in [3.63, 3.8) is 0 Å². The first-order valence-electron chi connectivity index (χ1n) is 7.74. The molecule has 2 heterocycles. The summed E-state index contributed by atoms with van der Waals surface area (Å²) in [5, 5.41) is 9.63. The number of nitrogens with zero attached hydrogens (tertiary/aromatic N) is 2. The van der Waals surface area contributed by atoms with Gasteiger partial charge in [-0.15, -0.1) is 0 Å². The van der Waals surface area contributed by atoms with Crippen LogP contribution in [-0.2, 0) is 0 Å². The molecule has 1 aromatic heterocycles. The molecule has 5 heteroatoms. The number of hydrogen-bond acceptors (Lipinski definition) is 5. The number of anilines is 2. The number of rotatable bonds is 3. The quantitative estimate of drug-likeness (QED) is 0.896. The molecule has 5 nitrogen and oxygen atoms in total. The number of aliphatic hydroxyl groups is 1. The summed E-state index contributed by atoms with van der Waals surface area (Å²) < 4.78 is 5.84. The molecular formula is C16H27N3O2. The van der Waals surface area contributed by atoms with Gasteiger partial charge in [0.15, 0.2) is 0 Å². The zero-order valence-corrected chi connectivity index (χ0v) is 13.3. The zero-order valence-electron chi connectivity index (χ0n) is 13.3. The highest BCUT2D eigenvalue weighted by molar-refractivity contribution is 5.55. The Balaban J connectivity index is 2.27. The Labute approximate surface area is 127 Å². The van der Waals surface area contributed by atoms with Gasteiger partial charge < -0.3 is 20.5 Å². The largest absolute Gasteiger partial charge is 0.470 e. The number of hydrogen-bond donors (Lipinski definition) is 2. The average molecular weight is 293 g/mol. The van der Waals surface area contributed by atoms with Crippen LogP contribution in [0.1, 0.15) is 46.5 Å². The van der Waals surface area contributed by atoms with Crippen molar-refractivity contribution in [2.75, 3.05) is 23.8 Å². The molecular weight excluding hydrogens is 266 g/mol. The Morgan fingerprint density at radius 2 is 2.10 bits per heavy atom. The van der Waals surface area contributed by atoms with Crippen LogP contribution >= 0.6 is 0 Å². The molecule has 0 amide bonds. The first-order chi connectivity index (χ1) is 9.90. The van der Waals surface area contributed by atoms with Gasteiger partial charge in [0.05, 0.1) is 18.3 Å². The van der Waals surface area contributed by atoms with E-state index in [1.54, 1.807) is 0 Å². The van der Waals surface area contributed by atoms with Crippen molar-refractivity contribution in [1.82, 2.24) is 4.98 Å². The lowest BCUT2D eigenvalue weighted by Gasteiger charge is -2.30. The van der Waals surface area contributed by atoms with Crippen molar-refractivity contribution in [1.29, 1.82) is 0 Å². The lowest BCUT2D eigenvalue weighted by molar-refractivity contribution is 0.125. The van der Waals surface area contributed by atoms with Crippen molar-refractivity contribution in [3.05, 3.63) is 12.1 Å². The van der Waals surface area contributed by atoms with Gasteiger partial charge in [-0.3, -0.25) is 0 Å². The fourth-order valence-electron chi connectivity index (χ4n) is 2.64. The second-order valence-electron chi connectivity index (χ2n) is 6.66. The van der Waals surface area contributed by atoms with Gasteiger partial charge in [0.1, 0.15) is 11.4 Å². The average Bonchev–Trinajstić information content (AvgIpc) is 2.65. The molecule has 0 radical (unpaired) electrons. The molecule has 1 aromatic rings. The van der Waals surface area contributed by atoms with Crippen molar-refractivity contribution >= 4 is 11.5 Å². The highest BCUT2D eigenvalue weighted by atomic mass is 16.5. The van der Waals surface area contributed by atoms with Gasteiger partial charge in [0.25, 0.3) is 0 Å². The van der Waals surface area contributed by atoms with Gasteiger partial charge in [-0.05, 0) is 45.7 Å². The molecule has 0 aliphatic carbocycles. The minimum absolute atomic E-state index is 0.131. The summed E-state index contributed by atoms with van der Waals surface area (Å²) in [5.74, 6) is 1.31. The summed E-state index contributed by atoms with van der Waals surface area (Å²) in [6.45, 7) is 6.99. The van der Waals surface area contributed by atoms with Crippen LogP contribution in [0.4, 0.5) is 11.5 Å². The van der Waals surface area contributed by atoms with Crippen LogP contribution in [0.5, 0.6) is 5.88 Å². The van der Waals surface area contributed by atoms with Gasteiger partial charge >= 0.3 is 0 Å². The van der Waals surface area contributed by atoms with Crippen LogP contribution in [0.2, 0.25) is 0 Å². The third-order valence-corrected chi connectivity index (χ3v) is 3.66. The Morgan fingerprint density at radius 3 is 2.76 bits per heavy atom. The van der Waals surface area contributed by atoms with E-state index in [1.807, 2.05) is 32.9 Å². The monoisotopic (exact) mass is 293 g/mol. The van der Waals surface area contributed by atoms with Crippen molar-refractivity contribution in [2.45, 2.75) is 58.1 Å². The van der Waals surface area contributed by atoms with Crippen LogP contribution in [0.25, 0.3) is 0 Å². The first-order valence-corrected chi connectivity index (χ1v) is 7.74. The molecule has 0 bridgehead atoms. The third kappa shape index (κ3) is 4.24. The highest BCUT2D eigenvalue weighted by Crippen LogP contribution is 2.29. The summed E-state index contributed by atoms with van der Waals surface area (Å²) in [4.78, 5) is 6.77. The molecule has 1 unspecified atom stereocenters. The van der Waals surface area contributed by atoms with Crippen LogP contribution < -0.4 is 15.4 Å². The Kier molecular flexibility index (Phi) is 4.93. The first kappa shape index (κ1) is 15.9. The molecule has 1 aliphatic rings. The molecule has 2 rings (SSSR count).